The number of nitrogens with zero attached hydrogens (tertiary/aromatic N) is 2. The third-order valence-corrected chi connectivity index (χ3v) is 5.24. The van der Waals surface area contributed by atoms with E-state index in [1.165, 1.54) is 37.4 Å². The first-order chi connectivity index (χ1) is 12.1. The van der Waals surface area contributed by atoms with Gasteiger partial charge in [-0.1, -0.05) is 54.6 Å². The third kappa shape index (κ3) is 5.33. The number of rotatable bonds is 5. The molecule has 134 valence electrons. The lowest BCUT2D eigenvalue weighted by atomic mass is 10.1. The van der Waals surface area contributed by atoms with E-state index in [0.717, 1.165) is 29.5 Å². The standard InChI is InChI=1S/C19H25N3O2S/c1-13-9-14(2)11-15(10-13)18-21-22-19(24-18)25-12-17(23)20-16-7-5-3-4-6-8-16/h9-11,16H,3-8,12H2,1-2H3,(H,20,23). The van der Waals surface area contributed by atoms with E-state index >= 15 is 0 Å². The molecule has 0 bridgehead atoms. The lowest BCUT2D eigenvalue weighted by Gasteiger charge is -2.15. The van der Waals surface area contributed by atoms with Gasteiger partial charge >= 0.3 is 0 Å². The summed E-state index contributed by atoms with van der Waals surface area (Å²) in [6.07, 6.45) is 7.16. The number of hydrogen-bond acceptors (Lipinski definition) is 5. The van der Waals surface area contributed by atoms with E-state index in [1.54, 1.807) is 0 Å². The van der Waals surface area contributed by atoms with Crippen LogP contribution in [0.15, 0.2) is 27.8 Å². The van der Waals surface area contributed by atoms with Crippen LogP contribution in [0.2, 0.25) is 0 Å². The Morgan fingerprint density at radius 1 is 1.12 bits per heavy atom. The molecule has 1 amide bonds. The SMILES string of the molecule is Cc1cc(C)cc(-c2nnc(SCC(=O)NC3CCCCCC3)o2)c1. The van der Waals surface area contributed by atoms with Crippen LogP contribution in [0.3, 0.4) is 0 Å². The summed E-state index contributed by atoms with van der Waals surface area (Å²) in [7, 11) is 0. The van der Waals surface area contributed by atoms with Crippen LogP contribution in [-0.2, 0) is 4.79 Å². The average molecular weight is 359 g/mol. The number of hydrogen-bond donors (Lipinski definition) is 1. The number of carbonyl (C=O) groups excluding carboxylic acids is 1. The maximum atomic E-state index is 12.1. The zero-order valence-corrected chi connectivity index (χ0v) is 15.7. The molecule has 0 spiro atoms. The largest absolute Gasteiger partial charge is 0.411 e. The molecule has 0 aliphatic heterocycles. The molecule has 25 heavy (non-hydrogen) atoms. The highest BCUT2D eigenvalue weighted by Gasteiger charge is 2.16. The van der Waals surface area contributed by atoms with Crippen LogP contribution in [0.25, 0.3) is 11.5 Å². The molecular formula is C19H25N3O2S. The van der Waals surface area contributed by atoms with Gasteiger partial charge in [0.1, 0.15) is 0 Å². The fraction of sp³-hybridized carbons (Fsp3) is 0.526. The first-order valence-corrected chi connectivity index (χ1v) is 9.93. The van der Waals surface area contributed by atoms with Crippen LogP contribution in [0.4, 0.5) is 0 Å². The summed E-state index contributed by atoms with van der Waals surface area (Å²) in [5, 5.41) is 11.7. The van der Waals surface area contributed by atoms with E-state index < -0.39 is 0 Å². The fourth-order valence-corrected chi connectivity index (χ4v) is 3.88. The quantitative estimate of drug-likeness (QED) is 0.637. The Labute approximate surface area is 153 Å². The topological polar surface area (TPSA) is 68.0 Å². The van der Waals surface area contributed by atoms with Crippen molar-refractivity contribution in [3.8, 4) is 11.5 Å². The highest BCUT2D eigenvalue weighted by molar-refractivity contribution is 7.99. The minimum Gasteiger partial charge on any atom is -0.411 e. The average Bonchev–Trinajstić information content (AvgIpc) is 2.90. The summed E-state index contributed by atoms with van der Waals surface area (Å²) in [4.78, 5) is 12.1. The number of benzene rings is 1. The zero-order chi connectivity index (χ0) is 17.6. The van der Waals surface area contributed by atoms with E-state index in [1.807, 2.05) is 26.0 Å². The van der Waals surface area contributed by atoms with Crippen molar-refractivity contribution in [2.75, 3.05) is 5.75 Å². The monoisotopic (exact) mass is 359 g/mol. The summed E-state index contributed by atoms with van der Waals surface area (Å²) in [6.45, 7) is 4.08. The van der Waals surface area contributed by atoms with E-state index in [9.17, 15) is 4.79 Å². The number of aromatic nitrogens is 2. The second-order valence-corrected chi connectivity index (χ2v) is 7.72. The number of amides is 1. The summed E-state index contributed by atoms with van der Waals surface area (Å²) < 4.78 is 5.70. The Morgan fingerprint density at radius 3 is 2.48 bits per heavy atom. The molecule has 6 heteroatoms. The van der Waals surface area contributed by atoms with E-state index in [4.69, 9.17) is 4.42 Å². The molecule has 1 aliphatic rings. The lowest BCUT2D eigenvalue weighted by molar-refractivity contribution is -0.119. The Hall–Kier alpha value is -1.82. The van der Waals surface area contributed by atoms with Crippen LogP contribution in [0.1, 0.15) is 49.7 Å². The fourth-order valence-electron chi connectivity index (χ4n) is 3.30. The molecule has 3 rings (SSSR count). The predicted octanol–water partition coefficient (Wildman–Crippen LogP) is 4.28. The van der Waals surface area contributed by atoms with Gasteiger partial charge in [-0.2, -0.15) is 0 Å². The highest BCUT2D eigenvalue weighted by Crippen LogP contribution is 2.25. The van der Waals surface area contributed by atoms with Crippen molar-refractivity contribution in [1.82, 2.24) is 15.5 Å². The molecule has 1 aromatic carbocycles. The van der Waals surface area contributed by atoms with Crippen molar-refractivity contribution >= 4 is 17.7 Å². The molecule has 1 heterocycles. The first kappa shape index (κ1) is 18.0. The van der Waals surface area contributed by atoms with E-state index in [-0.39, 0.29) is 5.91 Å². The third-order valence-electron chi connectivity index (χ3n) is 4.42. The Bertz CT molecular complexity index is 701. The molecule has 5 nitrogen and oxygen atoms in total. The molecule has 0 atom stereocenters. The lowest BCUT2D eigenvalue weighted by Crippen LogP contribution is -2.35. The molecule has 1 saturated carbocycles. The summed E-state index contributed by atoms with van der Waals surface area (Å²) in [5.41, 5.74) is 3.23. The molecule has 1 N–H and O–H groups in total. The van der Waals surface area contributed by atoms with Gasteiger partial charge in [0.2, 0.25) is 11.8 Å². The van der Waals surface area contributed by atoms with Crippen molar-refractivity contribution in [2.45, 2.75) is 63.6 Å². The highest BCUT2D eigenvalue weighted by atomic mass is 32.2. The van der Waals surface area contributed by atoms with Gasteiger partial charge in [0.15, 0.2) is 0 Å². The van der Waals surface area contributed by atoms with Crippen LogP contribution in [0.5, 0.6) is 0 Å². The Balaban J connectivity index is 1.53. The van der Waals surface area contributed by atoms with Crippen LogP contribution in [-0.4, -0.2) is 27.9 Å². The Kier molecular flexibility index (Phi) is 6.13. The van der Waals surface area contributed by atoms with Gasteiger partial charge in [-0.3, -0.25) is 4.79 Å². The van der Waals surface area contributed by atoms with Crippen molar-refractivity contribution in [2.24, 2.45) is 0 Å². The van der Waals surface area contributed by atoms with Gasteiger partial charge in [-0.25, -0.2) is 0 Å². The molecule has 0 radical (unpaired) electrons. The molecule has 0 unspecified atom stereocenters. The van der Waals surface area contributed by atoms with Gasteiger partial charge in [-0.15, -0.1) is 10.2 Å². The maximum Gasteiger partial charge on any atom is 0.277 e. The minimum atomic E-state index is 0.0445. The minimum absolute atomic E-state index is 0.0445. The number of carbonyl (C=O) groups is 1. The summed E-state index contributed by atoms with van der Waals surface area (Å²) in [5.74, 6) is 0.854. The molecule has 1 aliphatic carbocycles. The number of thioether (sulfide) groups is 1. The second-order valence-electron chi connectivity index (χ2n) is 6.79. The van der Waals surface area contributed by atoms with Gasteiger partial charge in [0.05, 0.1) is 5.75 Å². The number of nitrogens with one attached hydrogen (secondary N) is 1. The van der Waals surface area contributed by atoms with Gasteiger partial charge in [0.25, 0.3) is 5.22 Å². The molecule has 0 saturated heterocycles. The first-order valence-electron chi connectivity index (χ1n) is 8.94. The van der Waals surface area contributed by atoms with Crippen LogP contribution in [0, 0.1) is 13.8 Å². The van der Waals surface area contributed by atoms with Crippen molar-refractivity contribution in [1.29, 1.82) is 0 Å². The van der Waals surface area contributed by atoms with Crippen LogP contribution < -0.4 is 5.32 Å². The second kappa shape index (κ2) is 8.52. The van der Waals surface area contributed by atoms with E-state index in [0.29, 0.717) is 22.9 Å². The molecule has 1 aromatic heterocycles. The molecule has 2 aromatic rings. The van der Waals surface area contributed by atoms with Gasteiger partial charge in [0, 0.05) is 11.6 Å². The van der Waals surface area contributed by atoms with Gasteiger partial charge in [-0.05, 0) is 38.8 Å². The predicted molar refractivity (Wildman–Crippen MR) is 99.6 cm³/mol. The smallest absolute Gasteiger partial charge is 0.277 e. The molecular weight excluding hydrogens is 334 g/mol. The molecule has 1 fully saturated rings. The van der Waals surface area contributed by atoms with Crippen molar-refractivity contribution in [3.63, 3.8) is 0 Å². The maximum absolute atomic E-state index is 12.1. The van der Waals surface area contributed by atoms with Crippen LogP contribution >= 0.6 is 11.8 Å². The summed E-state index contributed by atoms with van der Waals surface area (Å²) >= 11 is 1.29. The van der Waals surface area contributed by atoms with E-state index in [2.05, 4.69) is 21.6 Å². The van der Waals surface area contributed by atoms with Gasteiger partial charge < -0.3 is 9.73 Å². The Morgan fingerprint density at radius 2 is 1.80 bits per heavy atom. The zero-order valence-electron chi connectivity index (χ0n) is 14.9. The summed E-state index contributed by atoms with van der Waals surface area (Å²) in [6, 6.07) is 6.47. The normalized spacial score (nSPS) is 15.8. The van der Waals surface area contributed by atoms with Crippen molar-refractivity contribution in [3.05, 3.63) is 29.3 Å². The number of aryl methyl sites for hydroxylation is 2. The van der Waals surface area contributed by atoms with Crippen molar-refractivity contribution < 1.29 is 9.21 Å².